The van der Waals surface area contributed by atoms with Gasteiger partial charge < -0.3 is 9.47 Å². The van der Waals surface area contributed by atoms with Crippen LogP contribution >= 0.6 is 0 Å². The third-order valence-corrected chi connectivity index (χ3v) is 4.50. The van der Waals surface area contributed by atoms with E-state index in [-0.39, 0.29) is 0 Å². The number of ether oxygens (including phenoxy) is 2. The average Bonchev–Trinajstić information content (AvgIpc) is 2.30. The molecule has 1 aromatic rings. The van der Waals surface area contributed by atoms with Gasteiger partial charge in [0, 0.05) is 7.11 Å². The van der Waals surface area contributed by atoms with Crippen molar-refractivity contribution in [3.63, 3.8) is 0 Å². The highest BCUT2D eigenvalue weighted by molar-refractivity contribution is 7.92. The summed E-state index contributed by atoms with van der Waals surface area (Å²) < 4.78 is 33.9. The lowest BCUT2D eigenvalue weighted by molar-refractivity contribution is 0.146. The van der Waals surface area contributed by atoms with Gasteiger partial charge in [-0.3, -0.25) is 0 Å². The van der Waals surface area contributed by atoms with Crippen molar-refractivity contribution in [1.82, 2.24) is 0 Å². The molecule has 96 valence electrons. The fourth-order valence-electron chi connectivity index (χ4n) is 1.24. The Morgan fingerprint density at radius 3 is 2.18 bits per heavy atom. The van der Waals surface area contributed by atoms with E-state index in [0.717, 1.165) is 0 Å². The third kappa shape index (κ3) is 3.71. The van der Waals surface area contributed by atoms with Gasteiger partial charge in [0.15, 0.2) is 9.84 Å². The lowest BCUT2D eigenvalue weighted by atomic mass is 10.3. The first-order valence-electron chi connectivity index (χ1n) is 5.44. The topological polar surface area (TPSA) is 52.6 Å². The highest BCUT2D eigenvalue weighted by Crippen LogP contribution is 2.19. The maximum atomic E-state index is 11.8. The molecule has 0 spiro atoms. The number of hydrogen-bond acceptors (Lipinski definition) is 4. The summed E-state index contributed by atoms with van der Waals surface area (Å²) in [5.74, 6) is 0.643. The zero-order valence-electron chi connectivity index (χ0n) is 10.3. The number of rotatable bonds is 6. The molecule has 0 radical (unpaired) electrons. The zero-order valence-corrected chi connectivity index (χ0v) is 11.2. The molecule has 5 heteroatoms. The van der Waals surface area contributed by atoms with Crippen LogP contribution in [0.5, 0.6) is 5.75 Å². The highest BCUT2D eigenvalue weighted by atomic mass is 32.2. The van der Waals surface area contributed by atoms with E-state index < -0.39 is 15.1 Å². The predicted octanol–water partition coefficient (Wildman–Crippen LogP) is 1.89. The Hall–Kier alpha value is -1.07. The Bertz CT molecular complexity index is 434. The Morgan fingerprint density at radius 1 is 1.12 bits per heavy atom. The van der Waals surface area contributed by atoms with Crippen LogP contribution in [-0.4, -0.2) is 34.0 Å². The van der Waals surface area contributed by atoms with Crippen LogP contribution in [0.15, 0.2) is 29.2 Å². The Kier molecular flexibility index (Phi) is 4.96. The molecule has 0 aliphatic rings. The van der Waals surface area contributed by atoms with E-state index in [1.54, 1.807) is 45.2 Å². The molecule has 0 bridgehead atoms. The van der Waals surface area contributed by atoms with Gasteiger partial charge in [-0.1, -0.05) is 0 Å². The Morgan fingerprint density at radius 2 is 1.71 bits per heavy atom. The van der Waals surface area contributed by atoms with E-state index in [2.05, 4.69) is 0 Å². The lowest BCUT2D eigenvalue weighted by Gasteiger charge is -2.09. The second-order valence-corrected chi connectivity index (χ2v) is 6.41. The maximum absolute atomic E-state index is 11.8. The molecule has 0 atom stereocenters. The molecule has 0 saturated heterocycles. The van der Waals surface area contributed by atoms with E-state index >= 15 is 0 Å². The minimum absolute atomic E-state index is 0.326. The molecule has 0 heterocycles. The summed E-state index contributed by atoms with van der Waals surface area (Å²) in [5.41, 5.74) is 0. The average molecular weight is 258 g/mol. The normalized spacial score (nSPS) is 11.8. The Labute approximate surface area is 102 Å². The molecular weight excluding hydrogens is 240 g/mol. The van der Waals surface area contributed by atoms with E-state index in [1.165, 1.54) is 0 Å². The van der Waals surface area contributed by atoms with Crippen LogP contribution < -0.4 is 4.74 Å². The molecule has 0 aromatic heterocycles. The highest BCUT2D eigenvalue weighted by Gasteiger charge is 2.18. The molecule has 1 rings (SSSR count). The molecule has 4 nitrogen and oxygen atoms in total. The summed E-state index contributed by atoms with van der Waals surface area (Å²) in [5, 5.41) is -0.414. The quantitative estimate of drug-likeness (QED) is 0.731. The zero-order chi connectivity index (χ0) is 12.9. The van der Waals surface area contributed by atoms with Crippen molar-refractivity contribution in [3.8, 4) is 5.75 Å². The predicted molar refractivity (Wildman–Crippen MR) is 66.1 cm³/mol. The van der Waals surface area contributed by atoms with Crippen molar-refractivity contribution in [2.24, 2.45) is 0 Å². The van der Waals surface area contributed by atoms with Crippen molar-refractivity contribution < 1.29 is 17.9 Å². The van der Waals surface area contributed by atoms with E-state index in [0.29, 0.717) is 23.9 Å². The smallest absolute Gasteiger partial charge is 0.180 e. The van der Waals surface area contributed by atoms with Crippen molar-refractivity contribution in [3.05, 3.63) is 24.3 Å². The number of methoxy groups -OCH3 is 1. The van der Waals surface area contributed by atoms with Gasteiger partial charge in [0.05, 0.1) is 16.8 Å². The van der Waals surface area contributed by atoms with Crippen LogP contribution in [-0.2, 0) is 14.6 Å². The van der Waals surface area contributed by atoms with Gasteiger partial charge in [0.2, 0.25) is 0 Å². The molecule has 0 amide bonds. The first-order valence-corrected chi connectivity index (χ1v) is 6.99. The number of benzene rings is 1. The molecule has 0 aliphatic heterocycles. The number of sulfone groups is 1. The summed E-state index contributed by atoms with van der Waals surface area (Å²) in [6.45, 7) is 4.29. The van der Waals surface area contributed by atoms with Gasteiger partial charge >= 0.3 is 0 Å². The van der Waals surface area contributed by atoms with Crippen molar-refractivity contribution in [2.75, 3.05) is 20.3 Å². The van der Waals surface area contributed by atoms with Crippen LogP contribution in [0.4, 0.5) is 0 Å². The third-order valence-electron chi connectivity index (χ3n) is 2.33. The van der Waals surface area contributed by atoms with E-state index in [4.69, 9.17) is 9.47 Å². The largest absolute Gasteiger partial charge is 0.491 e. The van der Waals surface area contributed by atoms with Crippen LogP contribution in [0.3, 0.4) is 0 Å². The standard InChI is InChI=1S/C12H18O4S/c1-10(2)17(13,14)12-6-4-11(5-7-12)16-9-8-15-3/h4-7,10H,8-9H2,1-3H3. The fourth-order valence-corrected chi connectivity index (χ4v) is 2.30. The molecule has 1 aromatic carbocycles. The Balaban J connectivity index is 2.75. The maximum Gasteiger partial charge on any atom is 0.180 e. The molecule has 0 N–H and O–H groups in total. The summed E-state index contributed by atoms with van der Waals surface area (Å²) in [7, 11) is -1.60. The molecular formula is C12H18O4S. The monoisotopic (exact) mass is 258 g/mol. The van der Waals surface area contributed by atoms with Gasteiger partial charge in [-0.2, -0.15) is 0 Å². The first-order chi connectivity index (χ1) is 7.98. The van der Waals surface area contributed by atoms with Crippen molar-refractivity contribution in [1.29, 1.82) is 0 Å². The molecule has 0 unspecified atom stereocenters. The lowest BCUT2D eigenvalue weighted by Crippen LogP contribution is -2.13. The first kappa shape index (κ1) is 14.0. The van der Waals surface area contributed by atoms with E-state index in [9.17, 15) is 8.42 Å². The minimum Gasteiger partial charge on any atom is -0.491 e. The summed E-state index contributed by atoms with van der Waals surface area (Å²) in [4.78, 5) is 0.326. The minimum atomic E-state index is -3.20. The molecule has 0 fully saturated rings. The van der Waals surface area contributed by atoms with Crippen LogP contribution in [0.2, 0.25) is 0 Å². The van der Waals surface area contributed by atoms with Gasteiger partial charge in [-0.05, 0) is 38.1 Å². The van der Waals surface area contributed by atoms with Crippen molar-refractivity contribution >= 4 is 9.84 Å². The van der Waals surface area contributed by atoms with Crippen molar-refractivity contribution in [2.45, 2.75) is 24.0 Å². The van der Waals surface area contributed by atoms with Gasteiger partial charge in [-0.15, -0.1) is 0 Å². The summed E-state index contributed by atoms with van der Waals surface area (Å²) >= 11 is 0. The van der Waals surface area contributed by atoms with Crippen LogP contribution in [0.25, 0.3) is 0 Å². The molecule has 0 aliphatic carbocycles. The van der Waals surface area contributed by atoms with Gasteiger partial charge in [-0.25, -0.2) is 8.42 Å². The van der Waals surface area contributed by atoms with Gasteiger partial charge in [0.25, 0.3) is 0 Å². The molecule has 17 heavy (non-hydrogen) atoms. The van der Waals surface area contributed by atoms with Crippen LogP contribution in [0.1, 0.15) is 13.8 Å². The van der Waals surface area contributed by atoms with E-state index in [1.807, 2.05) is 0 Å². The molecule has 0 saturated carbocycles. The SMILES string of the molecule is COCCOc1ccc(S(=O)(=O)C(C)C)cc1. The number of hydrogen-bond donors (Lipinski definition) is 0. The fraction of sp³-hybridized carbons (Fsp3) is 0.500. The second-order valence-electron chi connectivity index (χ2n) is 3.91. The summed E-state index contributed by atoms with van der Waals surface area (Å²) in [6, 6.07) is 6.45. The van der Waals surface area contributed by atoms with Crippen LogP contribution in [0, 0.1) is 0 Å². The second kappa shape index (κ2) is 6.02. The van der Waals surface area contributed by atoms with Gasteiger partial charge in [0.1, 0.15) is 12.4 Å². The summed E-state index contributed by atoms with van der Waals surface area (Å²) in [6.07, 6.45) is 0.